The van der Waals surface area contributed by atoms with E-state index < -0.39 is 0 Å². The number of aliphatic hydroxyl groups excluding tert-OH is 1. The number of thiazole rings is 1. The van der Waals surface area contributed by atoms with E-state index in [-0.39, 0.29) is 17.9 Å². The van der Waals surface area contributed by atoms with E-state index in [0.717, 1.165) is 54.7 Å². The molecule has 1 aliphatic carbocycles. The van der Waals surface area contributed by atoms with Gasteiger partial charge in [-0.3, -0.25) is 4.79 Å². The fourth-order valence-corrected chi connectivity index (χ4v) is 5.05. The second kappa shape index (κ2) is 8.63. The zero-order valence-electron chi connectivity index (χ0n) is 16.1. The summed E-state index contributed by atoms with van der Waals surface area (Å²) in [5, 5.41) is 13.5. The van der Waals surface area contributed by atoms with Crippen LogP contribution in [0.3, 0.4) is 0 Å². The highest BCUT2D eigenvalue weighted by molar-refractivity contribution is 7.21. The molecule has 7 nitrogen and oxygen atoms in total. The van der Waals surface area contributed by atoms with Gasteiger partial charge in [0.25, 0.3) is 5.91 Å². The molecule has 0 unspecified atom stereocenters. The zero-order valence-corrected chi connectivity index (χ0v) is 17.0. The maximum atomic E-state index is 12.7. The fourth-order valence-electron chi connectivity index (χ4n) is 4.01. The summed E-state index contributed by atoms with van der Waals surface area (Å²) < 4.78 is 11.9. The van der Waals surface area contributed by atoms with Crippen LogP contribution in [-0.4, -0.2) is 62.1 Å². The van der Waals surface area contributed by atoms with E-state index >= 15 is 0 Å². The maximum absolute atomic E-state index is 12.7. The molecule has 2 aromatic rings. The van der Waals surface area contributed by atoms with Crippen molar-refractivity contribution in [1.82, 2.24) is 10.3 Å². The predicted molar refractivity (Wildman–Crippen MR) is 110 cm³/mol. The lowest BCUT2D eigenvalue weighted by Gasteiger charge is -2.29. The Morgan fingerprint density at radius 1 is 1.36 bits per heavy atom. The Kier molecular flexibility index (Phi) is 5.99. The number of methoxy groups -OCH3 is 1. The van der Waals surface area contributed by atoms with Crippen LogP contribution < -0.4 is 15.0 Å². The average Bonchev–Trinajstić information content (AvgIpc) is 3.18. The standard InChI is InChI=1S/C20H27N3O4S/c1-26-16-7-6-14(23-8-10-27-11-9-23)18-17(16)22-20(28-18)19(25)21-12-13-4-2-3-5-15(13)24/h6-7,13,15,24H,2-5,8-12H2,1H3,(H,21,25)/t13-,15+/m0/s1. The summed E-state index contributed by atoms with van der Waals surface area (Å²) in [6, 6.07) is 3.94. The lowest BCUT2D eigenvalue weighted by Crippen LogP contribution is -2.36. The number of aromatic nitrogens is 1. The van der Waals surface area contributed by atoms with Crippen molar-refractivity contribution in [3.63, 3.8) is 0 Å². The lowest BCUT2D eigenvalue weighted by molar-refractivity contribution is 0.0663. The van der Waals surface area contributed by atoms with E-state index in [1.165, 1.54) is 11.3 Å². The minimum Gasteiger partial charge on any atom is -0.494 e. The Morgan fingerprint density at radius 2 is 2.14 bits per heavy atom. The maximum Gasteiger partial charge on any atom is 0.280 e. The second-order valence-corrected chi connectivity index (χ2v) is 8.40. The monoisotopic (exact) mass is 405 g/mol. The van der Waals surface area contributed by atoms with Gasteiger partial charge in [-0.25, -0.2) is 4.98 Å². The highest BCUT2D eigenvalue weighted by Crippen LogP contribution is 2.38. The molecule has 1 aromatic heterocycles. The number of carbonyl (C=O) groups excluding carboxylic acids is 1. The summed E-state index contributed by atoms with van der Waals surface area (Å²) >= 11 is 1.39. The highest BCUT2D eigenvalue weighted by Gasteiger charge is 2.25. The topological polar surface area (TPSA) is 83.9 Å². The molecule has 1 aromatic carbocycles. The van der Waals surface area contributed by atoms with Gasteiger partial charge in [-0.2, -0.15) is 0 Å². The molecule has 28 heavy (non-hydrogen) atoms. The van der Waals surface area contributed by atoms with Gasteiger partial charge >= 0.3 is 0 Å². The molecule has 2 N–H and O–H groups in total. The third kappa shape index (κ3) is 3.94. The van der Waals surface area contributed by atoms with Gasteiger partial charge in [-0.15, -0.1) is 11.3 Å². The van der Waals surface area contributed by atoms with Crippen LogP contribution in [0.4, 0.5) is 5.69 Å². The number of ether oxygens (including phenoxy) is 2. The molecular weight excluding hydrogens is 378 g/mol. The SMILES string of the molecule is COc1ccc(N2CCOCC2)c2sc(C(=O)NC[C@@H]3CCCC[C@H]3O)nc12. The van der Waals surface area contributed by atoms with Crippen molar-refractivity contribution in [1.29, 1.82) is 0 Å². The Bertz CT molecular complexity index is 834. The second-order valence-electron chi connectivity index (χ2n) is 7.41. The number of hydrogen-bond acceptors (Lipinski definition) is 7. The van der Waals surface area contributed by atoms with Crippen LogP contribution in [0.1, 0.15) is 35.5 Å². The van der Waals surface area contributed by atoms with E-state index in [9.17, 15) is 9.90 Å². The molecule has 2 aliphatic rings. The first-order valence-corrected chi connectivity index (χ1v) is 10.8. The van der Waals surface area contributed by atoms with Crippen molar-refractivity contribution in [3.05, 3.63) is 17.1 Å². The van der Waals surface area contributed by atoms with Crippen molar-refractivity contribution in [2.45, 2.75) is 31.8 Å². The van der Waals surface area contributed by atoms with E-state index in [2.05, 4.69) is 15.2 Å². The molecule has 4 rings (SSSR count). The van der Waals surface area contributed by atoms with Crippen LogP contribution in [0.5, 0.6) is 5.75 Å². The molecule has 1 saturated heterocycles. The molecule has 1 amide bonds. The summed E-state index contributed by atoms with van der Waals surface area (Å²) in [6.07, 6.45) is 3.63. The van der Waals surface area contributed by atoms with Gasteiger partial charge in [-0.1, -0.05) is 12.8 Å². The minimum absolute atomic E-state index is 0.130. The van der Waals surface area contributed by atoms with Crippen molar-refractivity contribution in [2.75, 3.05) is 44.9 Å². The van der Waals surface area contributed by atoms with Crippen molar-refractivity contribution in [2.24, 2.45) is 5.92 Å². The van der Waals surface area contributed by atoms with Crippen LogP contribution in [0, 0.1) is 5.92 Å². The summed E-state index contributed by atoms with van der Waals surface area (Å²) in [4.78, 5) is 19.6. The Labute approximate surface area is 168 Å². The van der Waals surface area contributed by atoms with Crippen LogP contribution in [0.25, 0.3) is 10.2 Å². The number of rotatable bonds is 5. The molecule has 1 aliphatic heterocycles. The Morgan fingerprint density at radius 3 is 2.89 bits per heavy atom. The van der Waals surface area contributed by atoms with E-state index in [1.807, 2.05) is 12.1 Å². The molecule has 2 fully saturated rings. The Hall–Kier alpha value is -1.90. The third-order valence-electron chi connectivity index (χ3n) is 5.65. The number of amides is 1. The Balaban J connectivity index is 1.56. The first kappa shape index (κ1) is 19.4. The number of morpholine rings is 1. The van der Waals surface area contributed by atoms with Crippen LogP contribution in [-0.2, 0) is 4.74 Å². The number of aliphatic hydroxyl groups is 1. The average molecular weight is 406 g/mol. The normalized spacial score (nSPS) is 23.0. The minimum atomic E-state index is -0.322. The molecule has 2 atom stereocenters. The van der Waals surface area contributed by atoms with Crippen molar-refractivity contribution >= 4 is 33.1 Å². The molecular formula is C20H27N3O4S. The molecule has 1 saturated carbocycles. The van der Waals surface area contributed by atoms with E-state index in [4.69, 9.17) is 9.47 Å². The quantitative estimate of drug-likeness (QED) is 0.795. The summed E-state index contributed by atoms with van der Waals surface area (Å²) in [5.41, 5.74) is 1.79. The summed E-state index contributed by atoms with van der Waals surface area (Å²) in [6.45, 7) is 3.52. The van der Waals surface area contributed by atoms with Gasteiger partial charge in [0, 0.05) is 25.6 Å². The first-order chi connectivity index (χ1) is 13.7. The number of hydrogen-bond donors (Lipinski definition) is 2. The molecule has 0 bridgehead atoms. The first-order valence-electron chi connectivity index (χ1n) is 9.94. The zero-order chi connectivity index (χ0) is 19.5. The smallest absolute Gasteiger partial charge is 0.280 e. The van der Waals surface area contributed by atoms with Crippen LogP contribution in [0.2, 0.25) is 0 Å². The van der Waals surface area contributed by atoms with Gasteiger partial charge in [0.05, 0.1) is 36.8 Å². The molecule has 2 heterocycles. The van der Waals surface area contributed by atoms with Gasteiger partial charge in [0.15, 0.2) is 5.01 Å². The van der Waals surface area contributed by atoms with Crippen molar-refractivity contribution in [3.8, 4) is 5.75 Å². The van der Waals surface area contributed by atoms with Crippen molar-refractivity contribution < 1.29 is 19.4 Å². The number of fused-ring (bicyclic) bond motifs is 1. The lowest BCUT2D eigenvalue weighted by atomic mass is 9.86. The summed E-state index contributed by atoms with van der Waals surface area (Å²) in [5.74, 6) is 0.615. The van der Waals surface area contributed by atoms with Crippen LogP contribution >= 0.6 is 11.3 Å². The van der Waals surface area contributed by atoms with E-state index in [1.54, 1.807) is 7.11 Å². The number of nitrogens with zero attached hydrogens (tertiary/aromatic N) is 2. The number of nitrogens with one attached hydrogen (secondary N) is 1. The van der Waals surface area contributed by atoms with Crippen LogP contribution in [0.15, 0.2) is 12.1 Å². The van der Waals surface area contributed by atoms with Gasteiger partial charge < -0.3 is 24.8 Å². The largest absolute Gasteiger partial charge is 0.494 e. The fraction of sp³-hybridized carbons (Fsp3) is 0.600. The number of carbonyl (C=O) groups is 1. The molecule has 0 spiro atoms. The third-order valence-corrected chi connectivity index (χ3v) is 6.72. The predicted octanol–water partition coefficient (Wildman–Crippen LogP) is 2.42. The van der Waals surface area contributed by atoms with Gasteiger partial charge in [0.2, 0.25) is 0 Å². The summed E-state index contributed by atoms with van der Waals surface area (Å²) in [7, 11) is 1.62. The highest BCUT2D eigenvalue weighted by atomic mass is 32.1. The molecule has 152 valence electrons. The number of benzene rings is 1. The van der Waals surface area contributed by atoms with Gasteiger partial charge in [0.1, 0.15) is 11.3 Å². The molecule has 0 radical (unpaired) electrons. The molecule has 8 heteroatoms. The number of anilines is 1. The van der Waals surface area contributed by atoms with E-state index in [0.29, 0.717) is 30.5 Å². The van der Waals surface area contributed by atoms with Gasteiger partial charge in [-0.05, 0) is 25.0 Å².